The normalized spacial score (nSPS) is 10.5. The summed E-state index contributed by atoms with van der Waals surface area (Å²) in [6.07, 6.45) is 3.36. The Morgan fingerprint density at radius 1 is 1.41 bits per heavy atom. The lowest BCUT2D eigenvalue weighted by Crippen LogP contribution is -2.10. The molecule has 0 aromatic carbocycles. The summed E-state index contributed by atoms with van der Waals surface area (Å²) in [7, 11) is 0. The molecule has 5 heteroatoms. The number of Topliss-reactive ketones (excluding diaryl/α,β-unsaturated/α-hetero) is 1. The number of halogens is 1. The van der Waals surface area contributed by atoms with Crippen molar-refractivity contribution < 1.29 is 4.79 Å². The van der Waals surface area contributed by atoms with Crippen LogP contribution in [0.3, 0.4) is 0 Å². The van der Waals surface area contributed by atoms with Crippen molar-refractivity contribution in [1.82, 2.24) is 14.8 Å². The first-order valence-electron chi connectivity index (χ1n) is 5.24. The smallest absolute Gasteiger partial charge is 0.151 e. The Morgan fingerprint density at radius 2 is 2.24 bits per heavy atom. The molecule has 2 heterocycles. The summed E-state index contributed by atoms with van der Waals surface area (Å²) in [4.78, 5) is 15.4. The van der Waals surface area contributed by atoms with Crippen molar-refractivity contribution in [2.75, 3.05) is 0 Å². The van der Waals surface area contributed by atoms with E-state index in [1.54, 1.807) is 17.1 Å². The van der Waals surface area contributed by atoms with Crippen molar-refractivity contribution in [3.63, 3.8) is 0 Å². The highest BCUT2D eigenvalue weighted by atomic mass is 35.5. The standard InChI is InChI=1S/C12H12ClN3O/c1-9(17)8-16-11(4-6-15-16)12-10(7-13)3-2-5-14-12/h2-6H,7-8H2,1H3. The highest BCUT2D eigenvalue weighted by Gasteiger charge is 2.11. The van der Waals surface area contributed by atoms with E-state index in [2.05, 4.69) is 10.1 Å². The molecule has 0 atom stereocenters. The van der Waals surface area contributed by atoms with Crippen molar-refractivity contribution in [3.8, 4) is 11.4 Å². The zero-order chi connectivity index (χ0) is 12.3. The number of aromatic nitrogens is 3. The minimum absolute atomic E-state index is 0.0540. The van der Waals surface area contributed by atoms with Gasteiger partial charge in [0.25, 0.3) is 0 Å². The van der Waals surface area contributed by atoms with Crippen LogP contribution in [-0.2, 0) is 17.2 Å². The Balaban J connectivity index is 2.46. The zero-order valence-electron chi connectivity index (χ0n) is 9.43. The topological polar surface area (TPSA) is 47.8 Å². The Hall–Kier alpha value is -1.68. The van der Waals surface area contributed by atoms with Gasteiger partial charge in [0, 0.05) is 18.3 Å². The highest BCUT2D eigenvalue weighted by Crippen LogP contribution is 2.22. The molecule has 2 aromatic heterocycles. The second kappa shape index (κ2) is 5.10. The van der Waals surface area contributed by atoms with E-state index in [0.29, 0.717) is 5.88 Å². The highest BCUT2D eigenvalue weighted by molar-refractivity contribution is 6.17. The van der Waals surface area contributed by atoms with E-state index in [1.807, 2.05) is 18.2 Å². The molecule has 0 aliphatic carbocycles. The third-order valence-electron chi connectivity index (χ3n) is 2.37. The maximum absolute atomic E-state index is 11.1. The van der Waals surface area contributed by atoms with Gasteiger partial charge in [0.2, 0.25) is 0 Å². The zero-order valence-corrected chi connectivity index (χ0v) is 10.2. The molecular formula is C12H12ClN3O. The van der Waals surface area contributed by atoms with Crippen molar-refractivity contribution in [1.29, 1.82) is 0 Å². The number of carbonyl (C=O) groups is 1. The third kappa shape index (κ3) is 2.53. The van der Waals surface area contributed by atoms with Crippen molar-refractivity contribution in [2.24, 2.45) is 0 Å². The van der Waals surface area contributed by atoms with Gasteiger partial charge in [-0.3, -0.25) is 14.5 Å². The van der Waals surface area contributed by atoms with E-state index >= 15 is 0 Å². The van der Waals surface area contributed by atoms with E-state index in [-0.39, 0.29) is 12.3 Å². The molecule has 0 unspecified atom stereocenters. The predicted molar refractivity (Wildman–Crippen MR) is 65.7 cm³/mol. The van der Waals surface area contributed by atoms with Gasteiger partial charge in [0.1, 0.15) is 0 Å². The SMILES string of the molecule is CC(=O)Cn1nccc1-c1ncccc1CCl. The van der Waals surface area contributed by atoms with Crippen LogP contribution >= 0.6 is 11.6 Å². The van der Waals surface area contributed by atoms with Crippen LogP contribution in [0.4, 0.5) is 0 Å². The van der Waals surface area contributed by atoms with Crippen LogP contribution in [0.1, 0.15) is 12.5 Å². The number of carbonyl (C=O) groups excluding carboxylic acids is 1. The fraction of sp³-hybridized carbons (Fsp3) is 0.250. The predicted octanol–water partition coefficient (Wildman–Crippen LogP) is 2.27. The minimum Gasteiger partial charge on any atom is -0.298 e. The van der Waals surface area contributed by atoms with Gasteiger partial charge in [-0.15, -0.1) is 11.6 Å². The molecule has 88 valence electrons. The number of rotatable bonds is 4. The fourth-order valence-corrected chi connectivity index (χ4v) is 1.86. The van der Waals surface area contributed by atoms with Crippen LogP contribution in [0.15, 0.2) is 30.6 Å². The number of pyridine rings is 1. The Morgan fingerprint density at radius 3 is 2.94 bits per heavy atom. The largest absolute Gasteiger partial charge is 0.298 e. The molecule has 0 saturated carbocycles. The molecule has 0 bridgehead atoms. The molecule has 0 spiro atoms. The lowest BCUT2D eigenvalue weighted by atomic mass is 10.1. The molecule has 4 nitrogen and oxygen atoms in total. The monoisotopic (exact) mass is 249 g/mol. The van der Waals surface area contributed by atoms with Crippen LogP contribution in [0.25, 0.3) is 11.4 Å². The van der Waals surface area contributed by atoms with Gasteiger partial charge in [-0.25, -0.2) is 0 Å². The molecule has 17 heavy (non-hydrogen) atoms. The van der Waals surface area contributed by atoms with E-state index in [9.17, 15) is 4.79 Å². The number of hydrogen-bond donors (Lipinski definition) is 0. The molecular weight excluding hydrogens is 238 g/mol. The number of nitrogens with zero attached hydrogens (tertiary/aromatic N) is 3. The number of ketones is 1. The van der Waals surface area contributed by atoms with E-state index < -0.39 is 0 Å². The van der Waals surface area contributed by atoms with E-state index in [0.717, 1.165) is 17.0 Å². The maximum atomic E-state index is 11.1. The molecule has 0 aliphatic heterocycles. The van der Waals surface area contributed by atoms with Crippen molar-refractivity contribution in [3.05, 3.63) is 36.2 Å². The van der Waals surface area contributed by atoms with Gasteiger partial charge in [0.15, 0.2) is 5.78 Å². The van der Waals surface area contributed by atoms with Crippen LogP contribution < -0.4 is 0 Å². The summed E-state index contributed by atoms with van der Waals surface area (Å²) in [5.74, 6) is 0.437. The first-order chi connectivity index (χ1) is 8.22. The Kier molecular flexibility index (Phi) is 3.54. The maximum Gasteiger partial charge on any atom is 0.151 e. The van der Waals surface area contributed by atoms with Gasteiger partial charge in [-0.2, -0.15) is 5.10 Å². The Labute approximate surface area is 104 Å². The lowest BCUT2D eigenvalue weighted by molar-refractivity contribution is -0.117. The average molecular weight is 250 g/mol. The molecule has 0 N–H and O–H groups in total. The summed E-state index contributed by atoms with van der Waals surface area (Å²) >= 11 is 5.87. The summed E-state index contributed by atoms with van der Waals surface area (Å²) in [5.41, 5.74) is 2.53. The average Bonchev–Trinajstić information content (AvgIpc) is 2.76. The minimum atomic E-state index is 0.0540. The van der Waals surface area contributed by atoms with Gasteiger partial charge < -0.3 is 0 Å². The third-order valence-corrected chi connectivity index (χ3v) is 2.65. The van der Waals surface area contributed by atoms with Gasteiger partial charge in [-0.1, -0.05) is 6.07 Å². The van der Waals surface area contributed by atoms with Crippen LogP contribution in [-0.4, -0.2) is 20.5 Å². The first-order valence-corrected chi connectivity index (χ1v) is 5.77. The van der Waals surface area contributed by atoms with Gasteiger partial charge in [-0.05, 0) is 24.6 Å². The molecule has 2 rings (SSSR count). The molecule has 0 saturated heterocycles. The fourth-order valence-electron chi connectivity index (χ4n) is 1.65. The molecule has 0 radical (unpaired) electrons. The van der Waals surface area contributed by atoms with Crippen molar-refractivity contribution in [2.45, 2.75) is 19.3 Å². The molecule has 0 aliphatic rings. The molecule has 0 fully saturated rings. The van der Waals surface area contributed by atoms with E-state index in [1.165, 1.54) is 6.92 Å². The van der Waals surface area contributed by atoms with Gasteiger partial charge >= 0.3 is 0 Å². The van der Waals surface area contributed by atoms with Crippen molar-refractivity contribution >= 4 is 17.4 Å². The van der Waals surface area contributed by atoms with Crippen LogP contribution in [0, 0.1) is 0 Å². The van der Waals surface area contributed by atoms with Crippen LogP contribution in [0.5, 0.6) is 0 Å². The summed E-state index contributed by atoms with van der Waals surface area (Å²) in [5, 5.41) is 4.12. The second-order valence-corrected chi connectivity index (χ2v) is 3.99. The van der Waals surface area contributed by atoms with E-state index in [4.69, 9.17) is 11.6 Å². The quantitative estimate of drug-likeness (QED) is 0.781. The summed E-state index contributed by atoms with van der Waals surface area (Å²) in [6, 6.07) is 5.59. The summed E-state index contributed by atoms with van der Waals surface area (Å²) in [6.45, 7) is 1.78. The molecule has 2 aromatic rings. The Bertz CT molecular complexity index is 536. The first kappa shape index (κ1) is 11.8. The van der Waals surface area contributed by atoms with Gasteiger partial charge in [0.05, 0.1) is 17.9 Å². The molecule has 0 amide bonds. The summed E-state index contributed by atoms with van der Waals surface area (Å²) < 4.78 is 1.64. The van der Waals surface area contributed by atoms with Crippen LogP contribution in [0.2, 0.25) is 0 Å². The second-order valence-electron chi connectivity index (χ2n) is 3.72. The number of alkyl halides is 1. The lowest BCUT2D eigenvalue weighted by Gasteiger charge is -2.08. The number of hydrogen-bond acceptors (Lipinski definition) is 3.